The van der Waals surface area contributed by atoms with Gasteiger partial charge in [-0.15, -0.1) is 0 Å². The van der Waals surface area contributed by atoms with E-state index < -0.39 is 0 Å². The number of nitriles is 3. The summed E-state index contributed by atoms with van der Waals surface area (Å²) in [5.41, 5.74) is 1.52. The van der Waals surface area contributed by atoms with E-state index in [0.717, 1.165) is 57.8 Å². The molecular formula is C57H87N9O3. The van der Waals surface area contributed by atoms with Crippen molar-refractivity contribution in [2.75, 3.05) is 19.8 Å². The predicted molar refractivity (Wildman–Crippen MR) is 280 cm³/mol. The molecule has 1 aromatic carbocycles. The van der Waals surface area contributed by atoms with Crippen molar-refractivity contribution in [1.82, 2.24) is 29.9 Å². The number of nitrogens with zero attached hydrogens (tertiary/aromatic N) is 9. The lowest BCUT2D eigenvalue weighted by Crippen LogP contribution is -2.08. The summed E-state index contributed by atoms with van der Waals surface area (Å²) >= 11 is 0. The normalized spacial score (nSPS) is 11.3. The summed E-state index contributed by atoms with van der Waals surface area (Å²) in [5.74, 6) is 0.268. The van der Waals surface area contributed by atoms with Crippen LogP contribution in [0.1, 0.15) is 269 Å². The third-order valence-electron chi connectivity index (χ3n) is 13.3. The van der Waals surface area contributed by atoms with Gasteiger partial charge in [0.2, 0.25) is 17.1 Å². The third kappa shape index (κ3) is 20.9. The quantitative estimate of drug-likeness (QED) is 0.0304. The number of aromatic nitrogens is 6. The van der Waals surface area contributed by atoms with Crippen molar-refractivity contribution in [2.24, 2.45) is 0 Å². The molecule has 0 amide bonds. The van der Waals surface area contributed by atoms with E-state index in [9.17, 15) is 15.8 Å². The number of hydrogen-bond donors (Lipinski definition) is 0. The molecule has 12 nitrogen and oxygen atoms in total. The van der Waals surface area contributed by atoms with Gasteiger partial charge in [0, 0.05) is 0 Å². The fraction of sp³-hybridized carbons (Fsp3) is 0.737. The van der Waals surface area contributed by atoms with Gasteiger partial charge in [-0.2, -0.15) is 15.8 Å². The first-order valence-corrected chi connectivity index (χ1v) is 28.0. The highest BCUT2D eigenvalue weighted by Crippen LogP contribution is 2.35. The Morgan fingerprint density at radius 2 is 0.435 bits per heavy atom. The Morgan fingerprint density at radius 3 is 0.623 bits per heavy atom. The average Bonchev–Trinajstić information content (AvgIpc) is 3.37. The van der Waals surface area contributed by atoms with Gasteiger partial charge in [-0.05, 0) is 19.3 Å². The Kier molecular flexibility index (Phi) is 29.7. The van der Waals surface area contributed by atoms with Crippen molar-refractivity contribution in [3.8, 4) is 35.8 Å². The molecule has 0 saturated carbocycles. The van der Waals surface area contributed by atoms with E-state index in [2.05, 4.69) is 39.0 Å². The van der Waals surface area contributed by atoms with Crippen LogP contribution in [-0.4, -0.2) is 49.7 Å². The molecule has 378 valence electrons. The molecule has 0 N–H and O–H groups in total. The van der Waals surface area contributed by atoms with Gasteiger partial charge in [0.25, 0.3) is 17.6 Å². The number of benzene rings is 1. The Labute approximate surface area is 416 Å². The largest absolute Gasteiger partial charge is 0.476 e. The Balaban J connectivity index is 1.47. The lowest BCUT2D eigenvalue weighted by Gasteiger charge is -2.14. The average molecular weight is 946 g/mol. The van der Waals surface area contributed by atoms with Crippen LogP contribution in [0, 0.1) is 34.0 Å². The maximum absolute atomic E-state index is 10.3. The zero-order valence-electron chi connectivity index (χ0n) is 43.3. The van der Waals surface area contributed by atoms with Crippen molar-refractivity contribution in [1.29, 1.82) is 15.8 Å². The molecule has 12 heteroatoms. The van der Waals surface area contributed by atoms with Gasteiger partial charge in [0.05, 0.1) is 19.8 Å². The predicted octanol–water partition coefficient (Wildman–Crippen LogP) is 16.4. The van der Waals surface area contributed by atoms with Crippen LogP contribution in [0.3, 0.4) is 0 Å². The Morgan fingerprint density at radius 1 is 0.261 bits per heavy atom. The number of unbranched alkanes of at least 4 members (excludes halogenated alkanes) is 33. The molecule has 0 fully saturated rings. The highest BCUT2D eigenvalue weighted by molar-refractivity contribution is 6.18. The first-order chi connectivity index (χ1) is 34.1. The Bertz CT molecular complexity index is 1900. The van der Waals surface area contributed by atoms with Crippen LogP contribution in [0.4, 0.5) is 0 Å². The topological polar surface area (TPSA) is 176 Å². The van der Waals surface area contributed by atoms with Crippen molar-refractivity contribution < 1.29 is 14.2 Å². The lowest BCUT2D eigenvalue weighted by molar-refractivity contribution is 0.291. The second kappa shape index (κ2) is 36.1. The van der Waals surface area contributed by atoms with E-state index in [1.165, 1.54) is 173 Å². The molecule has 0 saturated heterocycles. The zero-order valence-corrected chi connectivity index (χ0v) is 43.3. The van der Waals surface area contributed by atoms with Crippen LogP contribution in [0.5, 0.6) is 17.6 Å². The van der Waals surface area contributed by atoms with Crippen molar-refractivity contribution in [3.63, 3.8) is 0 Å². The highest BCUT2D eigenvalue weighted by Gasteiger charge is 2.24. The molecular weight excluding hydrogens is 859 g/mol. The van der Waals surface area contributed by atoms with Gasteiger partial charge in [-0.1, -0.05) is 233 Å². The van der Waals surface area contributed by atoms with Gasteiger partial charge in [0.15, 0.2) is 0 Å². The smallest absolute Gasteiger partial charge is 0.251 e. The summed E-state index contributed by atoms with van der Waals surface area (Å²) in [6.07, 6.45) is 44.2. The molecule has 0 unspecified atom stereocenters. The maximum atomic E-state index is 10.3. The van der Waals surface area contributed by atoms with E-state index in [0.29, 0.717) is 19.8 Å². The number of ether oxygens (including phenoxy) is 3. The molecule has 0 atom stereocenters. The fourth-order valence-electron chi connectivity index (χ4n) is 9.11. The first-order valence-electron chi connectivity index (χ1n) is 28.0. The van der Waals surface area contributed by atoms with Gasteiger partial charge in [0.1, 0.15) is 51.3 Å². The fourth-order valence-corrected chi connectivity index (χ4v) is 9.11. The van der Waals surface area contributed by atoms with E-state index in [-0.39, 0.29) is 67.8 Å². The maximum Gasteiger partial charge on any atom is 0.251 e. The van der Waals surface area contributed by atoms with Gasteiger partial charge in [-0.25, -0.2) is 29.9 Å². The number of rotatable bonds is 42. The van der Waals surface area contributed by atoms with Gasteiger partial charge >= 0.3 is 0 Å². The first kappa shape index (κ1) is 56.7. The highest BCUT2D eigenvalue weighted by atomic mass is 16.5. The second-order valence-electron chi connectivity index (χ2n) is 19.3. The van der Waals surface area contributed by atoms with Crippen LogP contribution in [0.25, 0.3) is 33.1 Å². The molecule has 4 aromatic rings. The molecule has 69 heavy (non-hydrogen) atoms. The summed E-state index contributed by atoms with van der Waals surface area (Å²) in [7, 11) is 0. The van der Waals surface area contributed by atoms with Gasteiger partial charge < -0.3 is 14.2 Å². The lowest BCUT2D eigenvalue weighted by atomic mass is 10.1. The Hall–Kier alpha value is -4.89. The number of fused-ring (bicyclic) bond motifs is 6. The van der Waals surface area contributed by atoms with Crippen molar-refractivity contribution in [2.45, 2.75) is 252 Å². The summed E-state index contributed by atoms with van der Waals surface area (Å²) in [6.45, 7) is 7.92. The molecule has 0 radical (unpaired) electrons. The van der Waals surface area contributed by atoms with Crippen LogP contribution in [-0.2, 0) is 0 Å². The minimum Gasteiger partial charge on any atom is -0.476 e. The van der Waals surface area contributed by atoms with E-state index in [1.54, 1.807) is 0 Å². The summed E-state index contributed by atoms with van der Waals surface area (Å²) in [4.78, 5) is 28.7. The standard InChI is InChI=1S/C57H87N9O3/c1-4-7-10-13-16-19-22-25-28-31-34-37-40-67-55-46(43-58)61-49-52(64-55)50-54(66-56(47(44-59)62-50)68-41-38-35-32-29-26-23-20-17-14-11-8-5-2)51-53(49)65-57(48(45-60)63-51)69-42-39-36-33-30-27-24-21-18-15-12-9-6-3/h4-42H2,1-3H3. The molecule has 3 heterocycles. The molecule has 0 aliphatic carbocycles. The van der Waals surface area contributed by atoms with Crippen LogP contribution in [0.2, 0.25) is 0 Å². The SMILES string of the molecule is CCCCCCCCCCCCCCOc1nc2c(nc1C#N)c1nc(OCCCCCCCCCCCCCC)c(C#N)nc1c1nc(OCCCCCCCCCCCCCC)c(C#N)nc21. The van der Waals surface area contributed by atoms with Crippen LogP contribution >= 0.6 is 0 Å². The zero-order chi connectivity index (χ0) is 49.0. The molecule has 0 aliphatic heterocycles. The van der Waals surface area contributed by atoms with Crippen LogP contribution in [0.15, 0.2) is 0 Å². The van der Waals surface area contributed by atoms with Crippen molar-refractivity contribution >= 4 is 33.1 Å². The minimum absolute atomic E-state index is 0.00281. The third-order valence-corrected chi connectivity index (χ3v) is 13.3. The summed E-state index contributed by atoms with van der Waals surface area (Å²) in [6, 6.07) is 6.50. The van der Waals surface area contributed by atoms with Crippen molar-refractivity contribution in [3.05, 3.63) is 17.1 Å². The van der Waals surface area contributed by atoms with E-state index in [1.807, 2.05) is 0 Å². The minimum atomic E-state index is 0.00281. The molecule has 0 spiro atoms. The summed E-state index contributed by atoms with van der Waals surface area (Å²) in [5, 5.41) is 30.9. The molecule has 0 bridgehead atoms. The number of hydrogen-bond acceptors (Lipinski definition) is 12. The molecule has 3 aromatic heterocycles. The van der Waals surface area contributed by atoms with Gasteiger partial charge in [-0.3, -0.25) is 0 Å². The summed E-state index contributed by atoms with van der Waals surface area (Å²) < 4.78 is 18.5. The van der Waals surface area contributed by atoms with E-state index in [4.69, 9.17) is 44.1 Å². The van der Waals surface area contributed by atoms with E-state index >= 15 is 0 Å². The monoisotopic (exact) mass is 946 g/mol. The second-order valence-corrected chi connectivity index (χ2v) is 19.3. The molecule has 4 rings (SSSR count). The van der Waals surface area contributed by atoms with Crippen LogP contribution < -0.4 is 14.2 Å². The molecule has 0 aliphatic rings.